The Bertz CT molecular complexity index is 1160. The van der Waals surface area contributed by atoms with Gasteiger partial charge in [-0.1, -0.05) is 167 Å². The zero-order valence-electron chi connectivity index (χ0n) is 27.5. The van der Waals surface area contributed by atoms with Gasteiger partial charge in [-0.15, -0.1) is 0 Å². The molecule has 0 aromatic heterocycles. The van der Waals surface area contributed by atoms with E-state index in [0.717, 1.165) is 5.92 Å². The summed E-state index contributed by atoms with van der Waals surface area (Å²) in [5.74, 6) is 3.51. The summed E-state index contributed by atoms with van der Waals surface area (Å²) in [6.45, 7) is 23.1. The van der Waals surface area contributed by atoms with E-state index >= 15 is 0 Å². The minimum absolute atomic E-state index is 0.274. The van der Waals surface area contributed by atoms with Gasteiger partial charge in [0, 0.05) is 0 Å². The van der Waals surface area contributed by atoms with Crippen molar-refractivity contribution in [2.75, 3.05) is 0 Å². The second kappa shape index (κ2) is 14.5. The normalized spacial score (nSPS) is 20.3. The van der Waals surface area contributed by atoms with E-state index in [9.17, 15) is 0 Å². The lowest BCUT2D eigenvalue weighted by atomic mass is 9.57. The maximum Gasteiger partial charge on any atom is -0.0119 e. The highest BCUT2D eigenvalue weighted by molar-refractivity contribution is 5.79. The molecule has 0 spiro atoms. The molecule has 0 nitrogen and oxygen atoms in total. The second-order valence-electron chi connectivity index (χ2n) is 13.4. The van der Waals surface area contributed by atoms with Gasteiger partial charge in [-0.25, -0.2) is 0 Å². The van der Waals surface area contributed by atoms with Crippen molar-refractivity contribution in [3.8, 4) is 22.3 Å². The van der Waals surface area contributed by atoms with Crippen molar-refractivity contribution in [3.63, 3.8) is 0 Å². The molecular formula is C40H58. The van der Waals surface area contributed by atoms with Crippen LogP contribution < -0.4 is 0 Å². The number of fused-ring (bicyclic) bond motifs is 1. The lowest BCUT2D eigenvalue weighted by Gasteiger charge is -2.47. The minimum Gasteiger partial charge on any atom is -0.0683 e. The van der Waals surface area contributed by atoms with Gasteiger partial charge in [0.25, 0.3) is 0 Å². The van der Waals surface area contributed by atoms with Gasteiger partial charge in [-0.3, -0.25) is 0 Å². The summed E-state index contributed by atoms with van der Waals surface area (Å²) < 4.78 is 0. The first-order valence-corrected chi connectivity index (χ1v) is 16.4. The summed E-state index contributed by atoms with van der Waals surface area (Å²) in [6.07, 6.45) is 8.68. The highest BCUT2D eigenvalue weighted by Crippen LogP contribution is 2.57. The van der Waals surface area contributed by atoms with E-state index in [1.54, 1.807) is 11.1 Å². The predicted octanol–water partition coefficient (Wildman–Crippen LogP) is 12.9. The number of benzene rings is 3. The molecule has 2 aliphatic carbocycles. The standard InChI is InChI=1S/C31H38.C7H14.C2H6/c1-20(2)22(4)28-19-31(6,7)23(5)29-26(24-11-9-8-10-12-24)17-18-27(30(28)29)25-15-13-21(3)14-16-25;1-2-4-7-5-3-6-7;1-2/h8-18,20,22-23,28H,19H2,1-7H3;7H,2-6H2,1H3;1-2H3. The van der Waals surface area contributed by atoms with Gasteiger partial charge in [-0.05, 0) is 81.7 Å². The van der Waals surface area contributed by atoms with Gasteiger partial charge in [0.05, 0.1) is 0 Å². The number of hydrogen-bond acceptors (Lipinski definition) is 0. The lowest BCUT2D eigenvalue weighted by molar-refractivity contribution is 0.186. The van der Waals surface area contributed by atoms with Crippen molar-refractivity contribution < 1.29 is 0 Å². The maximum atomic E-state index is 2.48. The van der Waals surface area contributed by atoms with Crippen LogP contribution in [0.4, 0.5) is 0 Å². The summed E-state index contributed by atoms with van der Waals surface area (Å²) in [6, 6.07) is 24.9. The zero-order valence-corrected chi connectivity index (χ0v) is 27.5. The number of hydrogen-bond donors (Lipinski definition) is 0. The van der Waals surface area contributed by atoms with Crippen molar-refractivity contribution in [1.82, 2.24) is 0 Å². The first-order chi connectivity index (χ1) is 19.1. The Kier molecular flexibility index (Phi) is 11.7. The summed E-state index contributed by atoms with van der Waals surface area (Å²) in [4.78, 5) is 0. The maximum absolute atomic E-state index is 2.48. The second-order valence-corrected chi connectivity index (χ2v) is 13.4. The van der Waals surface area contributed by atoms with Gasteiger partial charge in [-0.2, -0.15) is 0 Å². The van der Waals surface area contributed by atoms with Crippen LogP contribution in [0, 0.1) is 30.1 Å². The Morgan fingerprint density at radius 1 is 0.775 bits per heavy atom. The molecule has 218 valence electrons. The van der Waals surface area contributed by atoms with Crippen molar-refractivity contribution in [2.45, 2.75) is 120 Å². The molecule has 1 saturated carbocycles. The smallest absolute Gasteiger partial charge is 0.0119 e. The third-order valence-corrected chi connectivity index (χ3v) is 10.1. The largest absolute Gasteiger partial charge is 0.0683 e. The average molecular weight is 539 g/mol. The topological polar surface area (TPSA) is 0 Å². The molecule has 1 fully saturated rings. The Hall–Kier alpha value is -2.34. The van der Waals surface area contributed by atoms with E-state index in [2.05, 4.69) is 122 Å². The predicted molar refractivity (Wildman–Crippen MR) is 179 cm³/mol. The molecule has 2 aliphatic rings. The lowest BCUT2D eigenvalue weighted by Crippen LogP contribution is -2.34. The zero-order chi connectivity index (χ0) is 29.4. The van der Waals surface area contributed by atoms with E-state index in [1.165, 1.54) is 66.3 Å². The van der Waals surface area contributed by atoms with Gasteiger partial charge in [0.15, 0.2) is 0 Å². The van der Waals surface area contributed by atoms with E-state index in [1.807, 2.05) is 13.8 Å². The Morgan fingerprint density at radius 2 is 1.32 bits per heavy atom. The monoisotopic (exact) mass is 538 g/mol. The van der Waals surface area contributed by atoms with Crippen LogP contribution in [0.3, 0.4) is 0 Å². The molecule has 3 unspecified atom stereocenters. The van der Waals surface area contributed by atoms with Crippen LogP contribution in [-0.2, 0) is 0 Å². The van der Waals surface area contributed by atoms with E-state index < -0.39 is 0 Å². The molecule has 5 rings (SSSR count). The summed E-state index contributed by atoms with van der Waals surface area (Å²) in [5.41, 5.74) is 10.3. The summed E-state index contributed by atoms with van der Waals surface area (Å²) in [7, 11) is 0. The molecule has 3 aromatic rings. The van der Waals surface area contributed by atoms with Crippen LogP contribution >= 0.6 is 0 Å². The van der Waals surface area contributed by atoms with Gasteiger partial charge >= 0.3 is 0 Å². The molecule has 0 heteroatoms. The van der Waals surface area contributed by atoms with E-state index in [0.29, 0.717) is 23.7 Å². The van der Waals surface area contributed by atoms with Gasteiger partial charge in [0.2, 0.25) is 0 Å². The Morgan fingerprint density at radius 3 is 1.80 bits per heavy atom. The fourth-order valence-electron chi connectivity index (χ4n) is 6.70. The number of rotatable bonds is 6. The fourth-order valence-corrected chi connectivity index (χ4v) is 6.70. The van der Waals surface area contributed by atoms with Gasteiger partial charge < -0.3 is 0 Å². The third kappa shape index (κ3) is 7.29. The Labute approximate surface area is 248 Å². The van der Waals surface area contributed by atoms with Crippen LogP contribution in [0.2, 0.25) is 0 Å². The SMILES string of the molecule is CC.CCCC1CCC1.Cc1ccc(-c2ccc(-c3ccccc3)c3c2C(C(C)C(C)C)CC(C)(C)C3C)cc1. The van der Waals surface area contributed by atoms with Crippen molar-refractivity contribution in [3.05, 3.63) is 83.4 Å². The van der Waals surface area contributed by atoms with Crippen LogP contribution in [0.25, 0.3) is 22.3 Å². The van der Waals surface area contributed by atoms with Crippen molar-refractivity contribution >= 4 is 0 Å². The van der Waals surface area contributed by atoms with Crippen LogP contribution in [0.15, 0.2) is 66.7 Å². The van der Waals surface area contributed by atoms with Crippen LogP contribution in [0.5, 0.6) is 0 Å². The first-order valence-electron chi connectivity index (χ1n) is 16.4. The molecule has 0 aliphatic heterocycles. The van der Waals surface area contributed by atoms with Crippen molar-refractivity contribution in [2.24, 2.45) is 23.2 Å². The molecule has 0 radical (unpaired) electrons. The molecule has 40 heavy (non-hydrogen) atoms. The van der Waals surface area contributed by atoms with E-state index in [4.69, 9.17) is 0 Å². The molecule has 0 bridgehead atoms. The molecule has 0 amide bonds. The third-order valence-electron chi connectivity index (χ3n) is 10.1. The summed E-state index contributed by atoms with van der Waals surface area (Å²) >= 11 is 0. The van der Waals surface area contributed by atoms with Crippen LogP contribution in [-0.4, -0.2) is 0 Å². The highest BCUT2D eigenvalue weighted by atomic mass is 14.5. The molecule has 3 aromatic carbocycles. The van der Waals surface area contributed by atoms with E-state index in [-0.39, 0.29) is 5.41 Å². The minimum atomic E-state index is 0.274. The first kappa shape index (κ1) is 32.2. The quantitative estimate of drug-likeness (QED) is 0.293. The molecule has 0 saturated heterocycles. The van der Waals surface area contributed by atoms with Crippen LogP contribution in [0.1, 0.15) is 129 Å². The molecule has 3 atom stereocenters. The fraction of sp³-hybridized carbons (Fsp3) is 0.550. The summed E-state index contributed by atoms with van der Waals surface area (Å²) in [5, 5.41) is 0. The van der Waals surface area contributed by atoms with Crippen molar-refractivity contribution in [1.29, 1.82) is 0 Å². The van der Waals surface area contributed by atoms with Gasteiger partial charge in [0.1, 0.15) is 0 Å². The Balaban J connectivity index is 0.000000422. The molecule has 0 heterocycles. The average Bonchev–Trinajstić information content (AvgIpc) is 2.94. The molecule has 0 N–H and O–H groups in total. The highest BCUT2D eigenvalue weighted by Gasteiger charge is 2.42. The molecular weight excluding hydrogens is 480 g/mol. The number of aryl methyl sites for hydroxylation is 1.